The second-order valence-electron chi connectivity index (χ2n) is 10.8. The topological polar surface area (TPSA) is 61.5 Å². The maximum absolute atomic E-state index is 13.1. The van der Waals surface area contributed by atoms with Crippen LogP contribution in [0.5, 0.6) is 5.75 Å². The Hall–Kier alpha value is -4.16. The summed E-state index contributed by atoms with van der Waals surface area (Å²) in [7, 11) is 2.21. The number of para-hydroxylation sites is 2. The summed E-state index contributed by atoms with van der Waals surface area (Å²) in [6.45, 7) is 4.83. The molecule has 0 aliphatic carbocycles. The molecule has 2 aliphatic rings. The number of likely N-dealkylation sites (N-methyl/N-ethyl adjacent to an activating group) is 1. The van der Waals surface area contributed by atoms with Gasteiger partial charge in [0.15, 0.2) is 5.82 Å². The molecule has 0 bridgehead atoms. The van der Waals surface area contributed by atoms with Gasteiger partial charge >= 0.3 is 0 Å². The first-order chi connectivity index (χ1) is 19.0. The van der Waals surface area contributed by atoms with Gasteiger partial charge in [0.05, 0.1) is 17.6 Å². The predicted molar refractivity (Wildman–Crippen MR) is 155 cm³/mol. The average Bonchev–Trinajstić information content (AvgIpc) is 3.60. The maximum Gasteiger partial charge on any atom is 0.228 e. The quantitative estimate of drug-likeness (QED) is 0.293. The van der Waals surface area contributed by atoms with E-state index in [1.54, 1.807) is 0 Å². The van der Waals surface area contributed by atoms with Crippen LogP contribution in [0.2, 0.25) is 0 Å². The van der Waals surface area contributed by atoms with Crippen molar-refractivity contribution in [3.05, 3.63) is 120 Å². The van der Waals surface area contributed by atoms with E-state index in [1.165, 1.54) is 18.4 Å². The molecule has 198 valence electrons. The fourth-order valence-corrected chi connectivity index (χ4v) is 5.76. The summed E-state index contributed by atoms with van der Waals surface area (Å²) in [5, 5.41) is 0. The van der Waals surface area contributed by atoms with Gasteiger partial charge in [0, 0.05) is 24.4 Å². The first-order valence-corrected chi connectivity index (χ1v) is 13.7. The van der Waals surface area contributed by atoms with Crippen molar-refractivity contribution >= 4 is 16.8 Å². The first kappa shape index (κ1) is 25.1. The van der Waals surface area contributed by atoms with Gasteiger partial charge in [0.2, 0.25) is 5.78 Å². The number of ether oxygens (including phenoxy) is 1. The van der Waals surface area contributed by atoms with Gasteiger partial charge in [-0.3, -0.25) is 9.69 Å². The molecule has 1 unspecified atom stereocenters. The molecule has 0 spiro atoms. The van der Waals surface area contributed by atoms with Crippen molar-refractivity contribution in [1.82, 2.24) is 19.8 Å². The fraction of sp³-hybridized carbons (Fsp3) is 0.273. The minimum absolute atomic E-state index is 0.141. The molecule has 1 aromatic heterocycles. The molecule has 3 heterocycles. The smallest absolute Gasteiger partial charge is 0.228 e. The number of carbonyl (C=O) groups is 1. The normalized spacial score (nSPS) is 19.2. The Morgan fingerprint density at radius 2 is 1.82 bits per heavy atom. The molecule has 1 saturated heterocycles. The third kappa shape index (κ3) is 5.25. The Bertz CT molecular complexity index is 1490. The molecule has 6 heteroatoms. The van der Waals surface area contributed by atoms with Crippen LogP contribution in [0, 0.1) is 0 Å². The van der Waals surface area contributed by atoms with E-state index < -0.39 is 5.60 Å². The van der Waals surface area contributed by atoms with Crippen LogP contribution in [0.1, 0.15) is 41.5 Å². The summed E-state index contributed by atoms with van der Waals surface area (Å²) >= 11 is 0. The number of benzene rings is 3. The highest BCUT2D eigenvalue weighted by Crippen LogP contribution is 2.32. The molecular weight excluding hydrogens is 484 g/mol. The molecule has 0 saturated carbocycles. The average molecular weight is 519 g/mol. The van der Waals surface area contributed by atoms with Gasteiger partial charge in [-0.25, -0.2) is 4.98 Å². The van der Waals surface area contributed by atoms with E-state index in [1.807, 2.05) is 54.6 Å². The van der Waals surface area contributed by atoms with Gasteiger partial charge in [0.1, 0.15) is 11.4 Å². The first-order valence-electron chi connectivity index (χ1n) is 13.7. The fourth-order valence-electron chi connectivity index (χ4n) is 5.76. The zero-order valence-corrected chi connectivity index (χ0v) is 22.5. The largest absolute Gasteiger partial charge is 0.481 e. The van der Waals surface area contributed by atoms with Gasteiger partial charge < -0.3 is 14.6 Å². The van der Waals surface area contributed by atoms with Crippen molar-refractivity contribution in [3.8, 4) is 5.75 Å². The number of aromatic nitrogens is 2. The minimum Gasteiger partial charge on any atom is -0.481 e. The molecule has 0 amide bonds. The lowest BCUT2D eigenvalue weighted by Crippen LogP contribution is -2.42. The van der Waals surface area contributed by atoms with E-state index in [2.05, 4.69) is 76.4 Å². The summed E-state index contributed by atoms with van der Waals surface area (Å²) in [5.41, 5.74) is 4.07. The maximum atomic E-state index is 13.1. The van der Waals surface area contributed by atoms with E-state index in [0.29, 0.717) is 24.0 Å². The number of hydrogen-bond acceptors (Lipinski definition) is 5. The van der Waals surface area contributed by atoms with Crippen LogP contribution in [0.3, 0.4) is 0 Å². The third-order valence-corrected chi connectivity index (χ3v) is 7.84. The molecule has 6 rings (SSSR count). The lowest BCUT2D eigenvalue weighted by molar-refractivity contribution is 0.0574. The Balaban J connectivity index is 1.23. The second-order valence-corrected chi connectivity index (χ2v) is 10.8. The molecule has 3 aromatic carbocycles. The summed E-state index contributed by atoms with van der Waals surface area (Å²) in [6.07, 6.45) is 9.29. The lowest BCUT2D eigenvalue weighted by atomic mass is 9.94. The van der Waals surface area contributed by atoms with Crippen molar-refractivity contribution in [2.45, 2.75) is 31.4 Å². The number of aromatic amines is 1. The van der Waals surface area contributed by atoms with Crippen LogP contribution in [0.4, 0.5) is 0 Å². The highest BCUT2D eigenvalue weighted by molar-refractivity contribution is 6.08. The summed E-state index contributed by atoms with van der Waals surface area (Å²) in [5.74, 6) is 0.917. The molecule has 1 N–H and O–H groups in total. The van der Waals surface area contributed by atoms with Crippen LogP contribution in [-0.4, -0.2) is 58.3 Å². The van der Waals surface area contributed by atoms with Crippen LogP contribution in [-0.2, 0) is 5.60 Å². The van der Waals surface area contributed by atoms with Gasteiger partial charge in [-0.1, -0.05) is 54.6 Å². The van der Waals surface area contributed by atoms with Gasteiger partial charge in [0.25, 0.3) is 0 Å². The summed E-state index contributed by atoms with van der Waals surface area (Å²) in [6, 6.07) is 25.9. The monoisotopic (exact) mass is 518 g/mol. The van der Waals surface area contributed by atoms with E-state index in [9.17, 15) is 4.79 Å². The zero-order valence-electron chi connectivity index (χ0n) is 22.5. The molecule has 0 radical (unpaired) electrons. The zero-order chi connectivity index (χ0) is 26.8. The molecule has 1 fully saturated rings. The van der Waals surface area contributed by atoms with Gasteiger partial charge in [-0.15, -0.1) is 0 Å². The molecule has 4 aromatic rings. The van der Waals surface area contributed by atoms with E-state index in [-0.39, 0.29) is 5.78 Å². The molecule has 39 heavy (non-hydrogen) atoms. The number of nitrogens with one attached hydrogen (secondary N) is 1. The number of rotatable bonds is 8. The Kier molecular flexibility index (Phi) is 6.79. The molecule has 2 aliphatic heterocycles. The standard InChI is InChI=1S/C33H34N4O2/c1-33(26-11-4-3-5-12-26,23-37-21-8-10-25(22-37)30-15-9-20-36(30)2)39-27-18-16-24(17-19-27)31(38)32-34-28-13-6-7-14-29(28)35-32/h3-8,10-14,16-19,22,30H,9,15,20-21,23H2,1-2H3,(H,34,35)/t30-,33?/m1/s1. The van der Waals surface area contributed by atoms with Crippen molar-refractivity contribution < 1.29 is 9.53 Å². The van der Waals surface area contributed by atoms with E-state index in [4.69, 9.17) is 4.74 Å². The summed E-state index contributed by atoms with van der Waals surface area (Å²) < 4.78 is 6.72. The number of imidazole rings is 1. The van der Waals surface area contributed by atoms with Crippen LogP contribution >= 0.6 is 0 Å². The third-order valence-electron chi connectivity index (χ3n) is 7.84. The predicted octanol–water partition coefficient (Wildman–Crippen LogP) is 5.94. The number of fused-ring (bicyclic) bond motifs is 1. The van der Waals surface area contributed by atoms with Crippen LogP contribution in [0.15, 0.2) is 103 Å². The van der Waals surface area contributed by atoms with Crippen molar-refractivity contribution in [1.29, 1.82) is 0 Å². The highest BCUT2D eigenvalue weighted by Gasteiger charge is 2.32. The summed E-state index contributed by atoms with van der Waals surface area (Å²) in [4.78, 5) is 25.5. The number of hydrogen-bond donors (Lipinski definition) is 1. The number of ketones is 1. The number of likely N-dealkylation sites (tertiary alicyclic amines) is 1. The van der Waals surface area contributed by atoms with Crippen molar-refractivity contribution in [2.24, 2.45) is 0 Å². The van der Waals surface area contributed by atoms with E-state index in [0.717, 1.165) is 35.4 Å². The lowest BCUT2D eigenvalue weighted by Gasteiger charge is -2.37. The SMILES string of the molecule is CN1CCC[C@@H]1C1=CN(CC(C)(Oc2ccc(C(=O)c3nc4ccccc4[nH]3)cc2)c2ccccc2)CC=C1. The van der Waals surface area contributed by atoms with Gasteiger partial charge in [-0.05, 0) is 80.9 Å². The van der Waals surface area contributed by atoms with Crippen LogP contribution in [0.25, 0.3) is 11.0 Å². The Labute approximate surface area is 229 Å². The van der Waals surface area contributed by atoms with Crippen molar-refractivity contribution in [2.75, 3.05) is 26.7 Å². The highest BCUT2D eigenvalue weighted by atomic mass is 16.5. The number of nitrogens with zero attached hydrogens (tertiary/aromatic N) is 3. The van der Waals surface area contributed by atoms with Crippen molar-refractivity contribution in [3.63, 3.8) is 0 Å². The number of H-pyrrole nitrogens is 1. The molecule has 2 atom stereocenters. The van der Waals surface area contributed by atoms with E-state index >= 15 is 0 Å². The number of carbonyl (C=O) groups excluding carboxylic acids is 1. The molecule has 6 nitrogen and oxygen atoms in total. The Morgan fingerprint density at radius 3 is 2.56 bits per heavy atom. The second kappa shape index (κ2) is 10.5. The minimum atomic E-state index is -0.597. The van der Waals surface area contributed by atoms with Gasteiger partial charge in [-0.2, -0.15) is 0 Å². The molecular formula is C33H34N4O2. The van der Waals surface area contributed by atoms with Crippen LogP contribution < -0.4 is 4.74 Å². The Morgan fingerprint density at radius 1 is 1.05 bits per heavy atom.